The van der Waals surface area contributed by atoms with E-state index in [2.05, 4.69) is 0 Å². The molecule has 0 aliphatic carbocycles. The van der Waals surface area contributed by atoms with Gasteiger partial charge in [0.1, 0.15) is 0 Å². The van der Waals surface area contributed by atoms with Crippen molar-refractivity contribution in [3.63, 3.8) is 0 Å². The van der Waals surface area contributed by atoms with Crippen LogP contribution >= 0.6 is 22.9 Å². The van der Waals surface area contributed by atoms with E-state index < -0.39 is 0 Å². The van der Waals surface area contributed by atoms with Crippen LogP contribution in [0.15, 0.2) is 30.3 Å². The fourth-order valence-corrected chi connectivity index (χ4v) is 2.55. The molecule has 82 valence electrons. The van der Waals surface area contributed by atoms with E-state index in [1.807, 2.05) is 19.1 Å². The van der Waals surface area contributed by atoms with Crippen molar-refractivity contribution in [2.24, 2.45) is 0 Å². The van der Waals surface area contributed by atoms with E-state index >= 15 is 0 Å². The fraction of sp³-hybridized carbons (Fsp3) is 0.0833. The van der Waals surface area contributed by atoms with Gasteiger partial charge in [-0.1, -0.05) is 23.7 Å². The molecule has 0 bridgehead atoms. The van der Waals surface area contributed by atoms with Gasteiger partial charge in [-0.15, -0.1) is 11.3 Å². The number of benzene rings is 1. The molecule has 2 nitrogen and oxygen atoms in total. The number of carbonyl (C=O) groups is 1. The maximum absolute atomic E-state index is 12.2. The molecule has 0 amide bonds. The van der Waals surface area contributed by atoms with Gasteiger partial charge >= 0.3 is 0 Å². The van der Waals surface area contributed by atoms with Gasteiger partial charge in [-0.2, -0.15) is 0 Å². The minimum Gasteiger partial charge on any atom is -0.398 e. The zero-order chi connectivity index (χ0) is 11.7. The number of rotatable bonds is 2. The summed E-state index contributed by atoms with van der Waals surface area (Å²) in [6.45, 7) is 1.87. The van der Waals surface area contributed by atoms with Crippen LogP contribution in [0.1, 0.15) is 20.8 Å². The Bertz CT molecular complexity index is 527. The second-order valence-corrected chi connectivity index (χ2v) is 5.19. The van der Waals surface area contributed by atoms with Gasteiger partial charge in [-0.05, 0) is 30.7 Å². The molecule has 0 spiro atoms. The van der Waals surface area contributed by atoms with Crippen LogP contribution in [0.25, 0.3) is 0 Å². The third-order valence-corrected chi connectivity index (χ3v) is 3.56. The van der Waals surface area contributed by atoms with E-state index in [-0.39, 0.29) is 5.78 Å². The van der Waals surface area contributed by atoms with Crippen LogP contribution in [-0.2, 0) is 0 Å². The van der Waals surface area contributed by atoms with E-state index in [1.165, 1.54) is 11.3 Å². The van der Waals surface area contributed by atoms with Crippen molar-refractivity contribution in [3.8, 4) is 0 Å². The molecule has 16 heavy (non-hydrogen) atoms. The first-order chi connectivity index (χ1) is 7.59. The lowest BCUT2D eigenvalue weighted by Crippen LogP contribution is -2.05. The van der Waals surface area contributed by atoms with Gasteiger partial charge in [0.2, 0.25) is 5.78 Å². The van der Waals surface area contributed by atoms with E-state index in [1.54, 1.807) is 18.2 Å². The van der Waals surface area contributed by atoms with Gasteiger partial charge in [0.25, 0.3) is 0 Å². The van der Waals surface area contributed by atoms with Crippen molar-refractivity contribution in [2.45, 2.75) is 6.92 Å². The normalized spacial score (nSPS) is 10.4. The minimum absolute atomic E-state index is 0.0625. The molecular formula is C12H10ClNOS. The molecule has 1 aromatic carbocycles. The Balaban J connectivity index is 2.49. The standard InChI is InChI=1S/C12H10ClNOS/c1-7-3-2-4-8(14)11(7)12(15)9-5-6-10(13)16-9/h2-6H,14H2,1H3. The summed E-state index contributed by atoms with van der Waals surface area (Å²) in [6.07, 6.45) is 0. The molecule has 1 heterocycles. The smallest absolute Gasteiger partial charge is 0.205 e. The summed E-state index contributed by atoms with van der Waals surface area (Å²) in [7, 11) is 0. The van der Waals surface area contributed by atoms with Gasteiger partial charge in [0.05, 0.1) is 9.21 Å². The predicted molar refractivity (Wildman–Crippen MR) is 68.4 cm³/mol. The SMILES string of the molecule is Cc1cccc(N)c1C(=O)c1ccc(Cl)s1. The molecule has 0 unspecified atom stereocenters. The molecule has 1 aromatic heterocycles. The quantitative estimate of drug-likeness (QED) is 0.656. The number of thiophene rings is 1. The average Bonchev–Trinajstić information content (AvgIpc) is 2.64. The van der Waals surface area contributed by atoms with Crippen molar-refractivity contribution < 1.29 is 4.79 Å². The number of hydrogen-bond acceptors (Lipinski definition) is 3. The van der Waals surface area contributed by atoms with Crippen LogP contribution in [0.4, 0.5) is 5.69 Å². The Hall–Kier alpha value is -1.32. The minimum atomic E-state index is -0.0625. The van der Waals surface area contributed by atoms with Crippen LogP contribution in [-0.4, -0.2) is 5.78 Å². The lowest BCUT2D eigenvalue weighted by Gasteiger charge is -2.06. The summed E-state index contributed by atoms with van der Waals surface area (Å²) in [6, 6.07) is 8.88. The number of ketones is 1. The highest BCUT2D eigenvalue weighted by atomic mass is 35.5. The first-order valence-corrected chi connectivity index (χ1v) is 5.94. The van der Waals surface area contributed by atoms with Crippen molar-refractivity contribution in [3.05, 3.63) is 50.7 Å². The Morgan fingerprint density at radius 3 is 2.62 bits per heavy atom. The van der Waals surface area contributed by atoms with Crippen LogP contribution in [0.3, 0.4) is 0 Å². The molecule has 2 N–H and O–H groups in total. The maximum Gasteiger partial charge on any atom is 0.205 e. The molecule has 0 aliphatic heterocycles. The van der Waals surface area contributed by atoms with E-state index in [9.17, 15) is 4.79 Å². The number of aryl methyl sites for hydroxylation is 1. The Labute approximate surface area is 103 Å². The molecule has 0 radical (unpaired) electrons. The highest BCUT2D eigenvalue weighted by molar-refractivity contribution is 7.18. The lowest BCUT2D eigenvalue weighted by atomic mass is 10.0. The largest absolute Gasteiger partial charge is 0.398 e. The molecular weight excluding hydrogens is 242 g/mol. The van der Waals surface area contributed by atoms with Crippen LogP contribution in [0, 0.1) is 6.92 Å². The van der Waals surface area contributed by atoms with Crippen LogP contribution in [0.2, 0.25) is 4.34 Å². The highest BCUT2D eigenvalue weighted by Crippen LogP contribution is 2.27. The number of hydrogen-bond donors (Lipinski definition) is 1. The molecule has 0 fully saturated rings. The van der Waals surface area contributed by atoms with Gasteiger partial charge in [0.15, 0.2) is 0 Å². The topological polar surface area (TPSA) is 43.1 Å². The Morgan fingerprint density at radius 2 is 2.06 bits per heavy atom. The monoisotopic (exact) mass is 251 g/mol. The number of carbonyl (C=O) groups excluding carboxylic acids is 1. The first-order valence-electron chi connectivity index (χ1n) is 4.74. The third-order valence-electron chi connectivity index (χ3n) is 2.33. The zero-order valence-corrected chi connectivity index (χ0v) is 10.2. The summed E-state index contributed by atoms with van der Waals surface area (Å²) in [5.41, 5.74) is 7.78. The first kappa shape index (κ1) is 11.2. The van der Waals surface area contributed by atoms with E-state index in [4.69, 9.17) is 17.3 Å². The second-order valence-electron chi connectivity index (χ2n) is 3.47. The van der Waals surface area contributed by atoms with Crippen LogP contribution in [0.5, 0.6) is 0 Å². The number of nitrogen functional groups attached to an aromatic ring is 1. The second kappa shape index (κ2) is 4.28. The number of halogens is 1. The highest BCUT2D eigenvalue weighted by Gasteiger charge is 2.16. The number of anilines is 1. The average molecular weight is 252 g/mol. The molecule has 0 saturated carbocycles. The number of nitrogens with two attached hydrogens (primary N) is 1. The summed E-state index contributed by atoms with van der Waals surface area (Å²) in [5, 5.41) is 0. The zero-order valence-electron chi connectivity index (χ0n) is 8.66. The Kier molecular flexibility index (Phi) is 2.99. The van der Waals surface area contributed by atoms with Crippen molar-refractivity contribution >= 4 is 34.4 Å². The summed E-state index contributed by atoms with van der Waals surface area (Å²) < 4.78 is 0.607. The lowest BCUT2D eigenvalue weighted by molar-refractivity contribution is 0.104. The molecule has 2 aromatic rings. The van der Waals surface area contributed by atoms with Gasteiger partial charge in [-0.3, -0.25) is 4.79 Å². The molecule has 0 aliphatic rings. The molecule has 0 saturated heterocycles. The van der Waals surface area contributed by atoms with Gasteiger partial charge in [0, 0.05) is 11.3 Å². The van der Waals surface area contributed by atoms with Crippen molar-refractivity contribution in [1.29, 1.82) is 0 Å². The van der Waals surface area contributed by atoms with Crippen molar-refractivity contribution in [1.82, 2.24) is 0 Å². The predicted octanol–water partition coefficient (Wildman–Crippen LogP) is 3.52. The van der Waals surface area contributed by atoms with Crippen molar-refractivity contribution in [2.75, 3.05) is 5.73 Å². The summed E-state index contributed by atoms with van der Waals surface area (Å²) in [5.74, 6) is -0.0625. The summed E-state index contributed by atoms with van der Waals surface area (Å²) >= 11 is 7.07. The molecule has 2 rings (SSSR count). The Morgan fingerprint density at radius 1 is 1.31 bits per heavy atom. The fourth-order valence-electron chi connectivity index (χ4n) is 1.56. The third kappa shape index (κ3) is 1.96. The van der Waals surface area contributed by atoms with Crippen LogP contribution < -0.4 is 5.73 Å². The summed E-state index contributed by atoms with van der Waals surface area (Å²) in [4.78, 5) is 12.8. The molecule has 4 heteroatoms. The molecule has 0 atom stereocenters. The van der Waals surface area contributed by atoms with E-state index in [0.717, 1.165) is 5.56 Å². The van der Waals surface area contributed by atoms with Gasteiger partial charge < -0.3 is 5.73 Å². The van der Waals surface area contributed by atoms with E-state index in [0.29, 0.717) is 20.5 Å². The van der Waals surface area contributed by atoms with Gasteiger partial charge in [-0.25, -0.2) is 0 Å². The maximum atomic E-state index is 12.2.